The molecule has 0 fully saturated rings. The molecule has 2 aliphatic rings. The van der Waals surface area contributed by atoms with Crippen LogP contribution in [-0.2, 0) is 18.3 Å². The molecule has 0 N–H and O–H groups in total. The molecule has 8 heteroatoms. The van der Waals surface area contributed by atoms with Crippen molar-refractivity contribution in [3.63, 3.8) is 0 Å². The number of anilines is 1. The number of ether oxygens (including phenoxy) is 2. The average Bonchev–Trinajstić information content (AvgIpc) is 3.41. The molecule has 29 heavy (non-hydrogen) atoms. The number of thioether (sulfide) groups is 1. The lowest BCUT2D eigenvalue weighted by Crippen LogP contribution is -2.37. The largest absolute Gasteiger partial charge is 0.454 e. The number of aromatic nitrogens is 3. The van der Waals surface area contributed by atoms with Crippen molar-refractivity contribution in [2.75, 3.05) is 17.4 Å². The number of para-hydroxylation sites is 1. The first-order chi connectivity index (χ1) is 14.1. The number of carbonyl (C=O) groups excluding carboxylic acids is 1. The number of amides is 1. The van der Waals surface area contributed by atoms with Crippen LogP contribution in [0.3, 0.4) is 0 Å². The van der Waals surface area contributed by atoms with Crippen LogP contribution in [0.15, 0.2) is 47.6 Å². The molecule has 5 rings (SSSR count). The Morgan fingerprint density at radius 2 is 2.00 bits per heavy atom. The summed E-state index contributed by atoms with van der Waals surface area (Å²) in [5.74, 6) is 2.55. The highest BCUT2D eigenvalue weighted by atomic mass is 32.2. The molecule has 1 aromatic heterocycles. The van der Waals surface area contributed by atoms with Gasteiger partial charge in [0.25, 0.3) is 0 Å². The van der Waals surface area contributed by atoms with Gasteiger partial charge in [0.15, 0.2) is 22.5 Å². The van der Waals surface area contributed by atoms with Gasteiger partial charge in [0, 0.05) is 24.3 Å². The number of nitrogens with zero attached hydrogens (tertiary/aromatic N) is 4. The molecule has 1 atom stereocenters. The summed E-state index contributed by atoms with van der Waals surface area (Å²) in [4.78, 5) is 14.8. The van der Waals surface area contributed by atoms with Crippen LogP contribution >= 0.6 is 11.8 Å². The van der Waals surface area contributed by atoms with Crippen molar-refractivity contribution in [2.24, 2.45) is 7.05 Å². The third-order valence-electron chi connectivity index (χ3n) is 5.27. The van der Waals surface area contributed by atoms with E-state index in [0.717, 1.165) is 29.2 Å². The SMILES string of the molecule is CC1Cc2ccccc2N1C(=O)CSc1nnc(-c2ccc3c(c2)OCO3)n1C. The van der Waals surface area contributed by atoms with Gasteiger partial charge in [-0.25, -0.2) is 0 Å². The zero-order valence-electron chi connectivity index (χ0n) is 16.2. The summed E-state index contributed by atoms with van der Waals surface area (Å²) >= 11 is 1.40. The molecular formula is C21H20N4O3S. The molecule has 3 aromatic rings. The van der Waals surface area contributed by atoms with Gasteiger partial charge in [0.05, 0.1) is 5.75 Å². The summed E-state index contributed by atoms with van der Waals surface area (Å²) in [6.45, 7) is 2.32. The Labute approximate surface area is 172 Å². The van der Waals surface area contributed by atoms with Crippen LogP contribution in [0, 0.1) is 0 Å². The highest BCUT2D eigenvalue weighted by Crippen LogP contribution is 2.36. The molecule has 0 radical (unpaired) electrons. The zero-order chi connectivity index (χ0) is 20.0. The van der Waals surface area contributed by atoms with Gasteiger partial charge in [-0.1, -0.05) is 30.0 Å². The van der Waals surface area contributed by atoms with Crippen molar-refractivity contribution >= 4 is 23.4 Å². The minimum atomic E-state index is 0.0834. The molecule has 0 spiro atoms. The van der Waals surface area contributed by atoms with Crippen molar-refractivity contribution < 1.29 is 14.3 Å². The summed E-state index contributed by atoms with van der Waals surface area (Å²) in [7, 11) is 1.90. The topological polar surface area (TPSA) is 69.5 Å². The number of benzene rings is 2. The van der Waals surface area contributed by atoms with Gasteiger partial charge in [0.1, 0.15) is 0 Å². The minimum Gasteiger partial charge on any atom is -0.454 e. The lowest BCUT2D eigenvalue weighted by atomic mass is 10.1. The van der Waals surface area contributed by atoms with E-state index in [0.29, 0.717) is 16.7 Å². The molecule has 2 aliphatic heterocycles. The predicted molar refractivity (Wildman–Crippen MR) is 110 cm³/mol. The van der Waals surface area contributed by atoms with E-state index in [4.69, 9.17) is 9.47 Å². The lowest BCUT2D eigenvalue weighted by molar-refractivity contribution is -0.116. The number of hydrogen-bond donors (Lipinski definition) is 0. The maximum atomic E-state index is 12.9. The van der Waals surface area contributed by atoms with Crippen LogP contribution in [0.1, 0.15) is 12.5 Å². The molecule has 2 aromatic carbocycles. The molecule has 0 aliphatic carbocycles. The minimum absolute atomic E-state index is 0.0834. The molecular weight excluding hydrogens is 388 g/mol. The number of rotatable bonds is 4. The Balaban J connectivity index is 1.32. The fraction of sp³-hybridized carbons (Fsp3) is 0.286. The third-order valence-corrected chi connectivity index (χ3v) is 6.27. The summed E-state index contributed by atoms with van der Waals surface area (Å²) in [5.41, 5.74) is 3.14. The smallest absolute Gasteiger partial charge is 0.237 e. The number of fused-ring (bicyclic) bond motifs is 2. The monoisotopic (exact) mass is 408 g/mol. The fourth-order valence-corrected chi connectivity index (χ4v) is 4.64. The summed E-state index contributed by atoms with van der Waals surface area (Å²) in [6, 6.07) is 14.0. The fourth-order valence-electron chi connectivity index (χ4n) is 3.87. The van der Waals surface area contributed by atoms with Gasteiger partial charge in [-0.3, -0.25) is 4.79 Å². The average molecular weight is 408 g/mol. The van der Waals surface area contributed by atoms with Crippen LogP contribution in [0.5, 0.6) is 11.5 Å². The highest BCUT2D eigenvalue weighted by Gasteiger charge is 2.30. The Hall–Kier alpha value is -3.00. The van der Waals surface area contributed by atoms with E-state index in [1.807, 2.05) is 52.9 Å². The second kappa shape index (κ2) is 7.11. The summed E-state index contributed by atoms with van der Waals surface area (Å²) in [5, 5.41) is 9.29. The standard InChI is InChI=1S/C21H20N4O3S/c1-13-9-14-5-3-4-6-16(14)25(13)19(26)11-29-21-23-22-20(24(21)2)15-7-8-17-18(10-15)28-12-27-17/h3-8,10,13H,9,11-12H2,1-2H3. The van der Waals surface area contributed by atoms with E-state index in [9.17, 15) is 4.79 Å². The van der Waals surface area contributed by atoms with E-state index >= 15 is 0 Å². The molecule has 1 unspecified atom stereocenters. The van der Waals surface area contributed by atoms with Crippen molar-refractivity contribution in [3.8, 4) is 22.9 Å². The van der Waals surface area contributed by atoms with Crippen molar-refractivity contribution in [3.05, 3.63) is 48.0 Å². The van der Waals surface area contributed by atoms with E-state index in [1.54, 1.807) is 0 Å². The van der Waals surface area contributed by atoms with Crippen LogP contribution in [-0.4, -0.2) is 39.3 Å². The Morgan fingerprint density at radius 3 is 2.90 bits per heavy atom. The van der Waals surface area contributed by atoms with Crippen LogP contribution in [0.4, 0.5) is 5.69 Å². The van der Waals surface area contributed by atoms with Gasteiger partial charge >= 0.3 is 0 Å². The molecule has 3 heterocycles. The number of hydrogen-bond acceptors (Lipinski definition) is 6. The molecule has 7 nitrogen and oxygen atoms in total. The van der Waals surface area contributed by atoms with Crippen molar-refractivity contribution in [1.82, 2.24) is 14.8 Å². The van der Waals surface area contributed by atoms with Gasteiger partial charge < -0.3 is 18.9 Å². The van der Waals surface area contributed by atoms with E-state index < -0.39 is 0 Å². The molecule has 148 valence electrons. The summed E-state index contributed by atoms with van der Waals surface area (Å²) < 4.78 is 12.7. The van der Waals surface area contributed by atoms with Gasteiger partial charge in [-0.2, -0.15) is 0 Å². The quantitative estimate of drug-likeness (QED) is 0.617. The number of carbonyl (C=O) groups is 1. The van der Waals surface area contributed by atoms with Gasteiger partial charge in [0.2, 0.25) is 12.7 Å². The van der Waals surface area contributed by atoms with Crippen LogP contribution in [0.2, 0.25) is 0 Å². The normalized spacial score (nSPS) is 16.9. The van der Waals surface area contributed by atoms with Gasteiger partial charge in [-0.15, -0.1) is 10.2 Å². The maximum Gasteiger partial charge on any atom is 0.237 e. The first-order valence-electron chi connectivity index (χ1n) is 9.44. The Bertz CT molecular complexity index is 1100. The maximum absolute atomic E-state index is 12.9. The second-order valence-corrected chi connectivity index (χ2v) is 8.11. The predicted octanol–water partition coefficient (Wildman–Crippen LogP) is 3.28. The van der Waals surface area contributed by atoms with Gasteiger partial charge in [-0.05, 0) is 43.2 Å². The third kappa shape index (κ3) is 3.13. The molecule has 1 amide bonds. The first-order valence-corrected chi connectivity index (χ1v) is 10.4. The van der Waals surface area contributed by atoms with E-state index in [2.05, 4.69) is 23.2 Å². The Morgan fingerprint density at radius 1 is 1.17 bits per heavy atom. The lowest BCUT2D eigenvalue weighted by Gasteiger charge is -2.22. The first kappa shape index (κ1) is 18.1. The van der Waals surface area contributed by atoms with Crippen LogP contribution < -0.4 is 14.4 Å². The van der Waals surface area contributed by atoms with Crippen LogP contribution in [0.25, 0.3) is 11.4 Å². The van der Waals surface area contributed by atoms with E-state index in [-0.39, 0.29) is 18.7 Å². The summed E-state index contributed by atoms with van der Waals surface area (Å²) in [6.07, 6.45) is 0.894. The highest BCUT2D eigenvalue weighted by molar-refractivity contribution is 7.99. The molecule has 0 bridgehead atoms. The molecule has 0 saturated carbocycles. The van der Waals surface area contributed by atoms with Crippen molar-refractivity contribution in [2.45, 2.75) is 24.5 Å². The second-order valence-electron chi connectivity index (χ2n) is 7.17. The zero-order valence-corrected chi connectivity index (χ0v) is 17.0. The van der Waals surface area contributed by atoms with Crippen molar-refractivity contribution in [1.29, 1.82) is 0 Å². The molecule has 0 saturated heterocycles. The Kier molecular flexibility index (Phi) is 4.43. The van der Waals surface area contributed by atoms with E-state index in [1.165, 1.54) is 17.3 Å².